The first-order chi connectivity index (χ1) is 30.0. The Kier molecular flexibility index (Phi) is 6.44. The van der Waals surface area contributed by atoms with Crippen molar-refractivity contribution < 1.29 is 4.42 Å². The van der Waals surface area contributed by atoms with Crippen LogP contribution in [0.1, 0.15) is 48.1 Å². The second-order valence-corrected chi connectivity index (χ2v) is 17.6. The monoisotopic (exact) mass is 779 g/mol. The molecule has 0 aliphatic heterocycles. The number of hydrogen-bond acceptors (Lipinski definition) is 3. The average Bonchev–Trinajstić information content (AvgIpc) is 4.02. The second kappa shape index (κ2) is 11.8. The summed E-state index contributed by atoms with van der Waals surface area (Å²) >= 11 is 0. The summed E-state index contributed by atoms with van der Waals surface area (Å²) in [5.74, 6) is 1.40. The molecule has 0 radical (unpaired) electrons. The topological polar surface area (TPSA) is 43.9 Å². The van der Waals surface area contributed by atoms with E-state index in [0.717, 1.165) is 78.7 Å². The predicted molar refractivity (Wildman–Crippen MR) is 252 cm³/mol. The zero-order chi connectivity index (χ0) is 40.1. The van der Waals surface area contributed by atoms with Crippen LogP contribution in [-0.2, 0) is 11.8 Å². The average molecular weight is 780 g/mol. The molecule has 8 aromatic carbocycles. The number of aryl methyl sites for hydroxylation is 1. The van der Waals surface area contributed by atoms with E-state index in [2.05, 4.69) is 182 Å². The molecule has 0 atom stereocenters. The number of nitrogens with zero attached hydrogens (tertiary/aromatic N) is 3. The van der Waals surface area contributed by atoms with Crippen LogP contribution in [0.25, 0.3) is 110 Å². The number of aromatic nitrogens is 3. The third kappa shape index (κ3) is 4.38. The van der Waals surface area contributed by atoms with Crippen LogP contribution < -0.4 is 0 Å². The van der Waals surface area contributed by atoms with Gasteiger partial charge in [0.15, 0.2) is 17.2 Å². The summed E-state index contributed by atoms with van der Waals surface area (Å²) in [5, 5.41) is 7.86. The number of hydrogen-bond donors (Lipinski definition) is 0. The normalized spacial score (nSPS) is 15.1. The molecule has 0 N–H and O–H groups in total. The summed E-state index contributed by atoms with van der Waals surface area (Å²) in [6, 6.07) is 57.3. The fraction of sp³-hybridized carbons (Fsp3) is 0.0877. The van der Waals surface area contributed by atoms with Crippen LogP contribution in [-0.4, -0.2) is 14.5 Å². The van der Waals surface area contributed by atoms with Gasteiger partial charge < -0.3 is 4.42 Å². The molecule has 0 saturated heterocycles. The van der Waals surface area contributed by atoms with E-state index in [1.165, 1.54) is 61.0 Å². The summed E-state index contributed by atoms with van der Waals surface area (Å²) in [5.41, 5.74) is 19.3. The van der Waals surface area contributed by atoms with E-state index in [0.29, 0.717) is 11.4 Å². The molecule has 61 heavy (non-hydrogen) atoms. The summed E-state index contributed by atoms with van der Waals surface area (Å²) in [6.45, 7) is 4.82. The van der Waals surface area contributed by atoms with E-state index in [-0.39, 0.29) is 5.41 Å². The van der Waals surface area contributed by atoms with Crippen molar-refractivity contribution in [2.75, 3.05) is 0 Å². The zero-order valence-electron chi connectivity index (χ0n) is 33.8. The zero-order valence-corrected chi connectivity index (χ0v) is 33.8. The van der Waals surface area contributed by atoms with Crippen molar-refractivity contribution in [1.82, 2.24) is 14.5 Å². The quantitative estimate of drug-likeness (QED) is 0.179. The molecule has 286 valence electrons. The van der Waals surface area contributed by atoms with Crippen molar-refractivity contribution in [3.8, 4) is 28.3 Å². The van der Waals surface area contributed by atoms with Gasteiger partial charge in [0.05, 0.1) is 16.4 Å². The summed E-state index contributed by atoms with van der Waals surface area (Å²) in [4.78, 5) is 10.9. The van der Waals surface area contributed by atoms with Gasteiger partial charge >= 0.3 is 0 Å². The van der Waals surface area contributed by atoms with Crippen LogP contribution in [0.5, 0.6) is 0 Å². The van der Waals surface area contributed by atoms with Gasteiger partial charge in [-0.25, -0.2) is 9.97 Å². The third-order valence-corrected chi connectivity index (χ3v) is 14.0. The van der Waals surface area contributed by atoms with Crippen molar-refractivity contribution in [2.24, 2.45) is 0 Å². The van der Waals surface area contributed by atoms with Crippen molar-refractivity contribution in [3.05, 3.63) is 192 Å². The Labute approximate surface area is 351 Å². The van der Waals surface area contributed by atoms with Gasteiger partial charge in [-0.15, -0.1) is 0 Å². The first-order valence-electron chi connectivity index (χ1n) is 21.4. The summed E-state index contributed by atoms with van der Waals surface area (Å²) in [6.07, 6.45) is 4.70. The Morgan fingerprint density at radius 3 is 2.21 bits per heavy atom. The Hall–Kier alpha value is -7.56. The predicted octanol–water partition coefficient (Wildman–Crippen LogP) is 14.7. The van der Waals surface area contributed by atoms with E-state index in [1.54, 1.807) is 0 Å². The van der Waals surface area contributed by atoms with E-state index in [4.69, 9.17) is 14.4 Å². The number of benzene rings is 8. The number of allylic oxidation sites excluding steroid dienone is 4. The van der Waals surface area contributed by atoms with Gasteiger partial charge in [-0.2, -0.15) is 0 Å². The highest BCUT2D eigenvalue weighted by atomic mass is 16.3. The molecular formula is C57H37N3O. The molecular weight excluding hydrogens is 743 g/mol. The van der Waals surface area contributed by atoms with Crippen LogP contribution in [0.3, 0.4) is 0 Å². The lowest BCUT2D eigenvalue weighted by molar-refractivity contribution is 0.662. The highest BCUT2D eigenvalue weighted by molar-refractivity contribution is 6.27. The minimum atomic E-state index is -0.0788. The van der Waals surface area contributed by atoms with Crippen molar-refractivity contribution in [3.63, 3.8) is 0 Å². The lowest BCUT2D eigenvalue weighted by Crippen LogP contribution is -2.17. The molecule has 0 saturated carbocycles. The van der Waals surface area contributed by atoms with Gasteiger partial charge in [-0.3, -0.25) is 4.57 Å². The van der Waals surface area contributed by atoms with Gasteiger partial charge in [0.2, 0.25) is 0 Å². The van der Waals surface area contributed by atoms with E-state index < -0.39 is 0 Å². The standard InChI is InChI=1S/C57H37N3O/c1-57(2)45-27-24-35(31-44(45)50-41-21-10-15-34-16-11-22-42(49(34)41)52(50)57)36-25-28-47-43(30-36)39-19-7-8-23-46(39)60(47)56-54-53(51-38-18-6-4-13-33(38)26-29-48(51)61-54)58-55(59-56)40-20-9-14-32-12-3-5-17-37(32)40/h3-9,11-14,16-31H,10,15H2,1-2H3. The largest absolute Gasteiger partial charge is 0.450 e. The smallest absolute Gasteiger partial charge is 0.197 e. The number of rotatable bonds is 3. The molecule has 11 aromatic rings. The van der Waals surface area contributed by atoms with Gasteiger partial charge in [0.25, 0.3) is 0 Å². The second-order valence-electron chi connectivity index (χ2n) is 17.6. The van der Waals surface area contributed by atoms with E-state index in [1.807, 2.05) is 0 Å². The molecule has 4 heteroatoms. The van der Waals surface area contributed by atoms with Gasteiger partial charge in [0, 0.05) is 21.8 Å². The van der Waals surface area contributed by atoms with Crippen LogP contribution in [0.2, 0.25) is 0 Å². The molecule has 3 aliphatic rings. The minimum Gasteiger partial charge on any atom is -0.450 e. The highest BCUT2D eigenvalue weighted by Gasteiger charge is 2.45. The highest BCUT2D eigenvalue weighted by Crippen LogP contribution is 2.62. The van der Waals surface area contributed by atoms with E-state index >= 15 is 0 Å². The molecule has 14 rings (SSSR count). The Bertz CT molecular complexity index is 3850. The fourth-order valence-corrected chi connectivity index (χ4v) is 11.3. The summed E-state index contributed by atoms with van der Waals surface area (Å²) in [7, 11) is 0. The molecule has 0 spiro atoms. The van der Waals surface area contributed by atoms with Gasteiger partial charge in [-0.05, 0) is 120 Å². The maximum atomic E-state index is 6.88. The number of para-hydroxylation sites is 1. The molecule has 3 aromatic heterocycles. The minimum absolute atomic E-state index is 0.0788. The number of furan rings is 1. The molecule has 3 heterocycles. The Balaban J connectivity index is 1.01. The summed E-state index contributed by atoms with van der Waals surface area (Å²) < 4.78 is 9.17. The van der Waals surface area contributed by atoms with Crippen molar-refractivity contribution >= 4 is 82.1 Å². The van der Waals surface area contributed by atoms with Crippen LogP contribution in [0.15, 0.2) is 168 Å². The molecule has 3 aliphatic carbocycles. The van der Waals surface area contributed by atoms with Crippen molar-refractivity contribution in [1.29, 1.82) is 0 Å². The number of fused-ring (bicyclic) bond motifs is 13. The van der Waals surface area contributed by atoms with E-state index in [9.17, 15) is 0 Å². The molecule has 0 unspecified atom stereocenters. The molecule has 0 amide bonds. The maximum absolute atomic E-state index is 6.88. The molecule has 0 bridgehead atoms. The molecule has 0 fully saturated rings. The maximum Gasteiger partial charge on any atom is 0.197 e. The Morgan fingerprint density at radius 2 is 1.31 bits per heavy atom. The fourth-order valence-electron chi connectivity index (χ4n) is 11.3. The van der Waals surface area contributed by atoms with Crippen LogP contribution in [0, 0.1) is 0 Å². The molecule has 4 nitrogen and oxygen atoms in total. The Morgan fingerprint density at radius 1 is 0.590 bits per heavy atom. The SMILES string of the molecule is CC1(C)C2=C(C3=CCCc4cccc2c43)c2cc(-c3ccc4c(c3)c3ccccc3n4-c3nc(-c4cccc5ccccc45)nc4c3oc3ccc5ccccc5c34)ccc21. The third-order valence-electron chi connectivity index (χ3n) is 14.0. The van der Waals surface area contributed by atoms with Gasteiger partial charge in [0.1, 0.15) is 11.1 Å². The lowest BCUT2D eigenvalue weighted by atomic mass is 9.76. The van der Waals surface area contributed by atoms with Crippen LogP contribution in [0.4, 0.5) is 0 Å². The first-order valence-corrected chi connectivity index (χ1v) is 21.4. The van der Waals surface area contributed by atoms with Gasteiger partial charge in [-0.1, -0.05) is 147 Å². The van der Waals surface area contributed by atoms with Crippen molar-refractivity contribution in [2.45, 2.75) is 32.1 Å². The first kappa shape index (κ1) is 33.3. The lowest BCUT2D eigenvalue weighted by Gasteiger charge is -2.26. The van der Waals surface area contributed by atoms with Crippen LogP contribution >= 0.6 is 0 Å².